The largest absolute Gasteiger partial charge is 0.481 e. The maximum Gasteiger partial charge on any atom is 0.218 e. The minimum absolute atomic E-state index is 0.360. The molecule has 0 bridgehead atoms. The van der Waals surface area contributed by atoms with Gasteiger partial charge >= 0.3 is 0 Å². The first-order valence-corrected chi connectivity index (χ1v) is 6.06. The number of nitrogens with zero attached hydrogens (tertiary/aromatic N) is 3. The molecule has 1 atom stereocenters. The third-order valence-electron chi connectivity index (χ3n) is 2.96. The second-order valence-electron chi connectivity index (χ2n) is 4.35. The predicted molar refractivity (Wildman–Crippen MR) is 72.9 cm³/mol. The molecular formula is C14H15FN4O. The second kappa shape index (κ2) is 5.61. The summed E-state index contributed by atoms with van der Waals surface area (Å²) in [4.78, 5) is 0. The van der Waals surface area contributed by atoms with Crippen LogP contribution in [0.25, 0.3) is 0 Å². The van der Waals surface area contributed by atoms with Gasteiger partial charge in [0.1, 0.15) is 11.9 Å². The van der Waals surface area contributed by atoms with Crippen molar-refractivity contribution in [3.8, 4) is 11.9 Å². The zero-order chi connectivity index (χ0) is 14.7. The first kappa shape index (κ1) is 13.9. The highest BCUT2D eigenvalue weighted by atomic mass is 19.1. The average Bonchev–Trinajstić information content (AvgIpc) is 2.70. The van der Waals surface area contributed by atoms with Crippen LogP contribution in [-0.2, 0) is 7.05 Å². The second-order valence-corrected chi connectivity index (χ2v) is 4.35. The van der Waals surface area contributed by atoms with Gasteiger partial charge in [-0.2, -0.15) is 10.4 Å². The molecule has 20 heavy (non-hydrogen) atoms. The van der Waals surface area contributed by atoms with E-state index in [9.17, 15) is 9.65 Å². The van der Waals surface area contributed by atoms with E-state index in [1.807, 2.05) is 0 Å². The van der Waals surface area contributed by atoms with Crippen LogP contribution in [0.5, 0.6) is 5.88 Å². The first-order chi connectivity index (χ1) is 9.56. The summed E-state index contributed by atoms with van der Waals surface area (Å²) >= 11 is 0. The summed E-state index contributed by atoms with van der Waals surface area (Å²) in [6.07, 6.45) is 0. The summed E-state index contributed by atoms with van der Waals surface area (Å²) in [6, 6.07) is 7.45. The smallest absolute Gasteiger partial charge is 0.218 e. The fourth-order valence-corrected chi connectivity index (χ4v) is 2.14. The summed E-state index contributed by atoms with van der Waals surface area (Å²) in [5.74, 6) is 0.152. The highest BCUT2D eigenvalue weighted by Gasteiger charge is 2.23. The van der Waals surface area contributed by atoms with Gasteiger partial charge in [0.05, 0.1) is 24.4 Å². The topological polar surface area (TPSA) is 62.9 Å². The van der Waals surface area contributed by atoms with Crippen LogP contribution in [0.1, 0.15) is 17.3 Å². The lowest BCUT2D eigenvalue weighted by Gasteiger charge is -2.14. The number of rotatable bonds is 4. The summed E-state index contributed by atoms with van der Waals surface area (Å²) in [7, 11) is 3.27. The van der Waals surface area contributed by atoms with Crippen molar-refractivity contribution < 1.29 is 9.13 Å². The molecule has 0 saturated carbocycles. The van der Waals surface area contributed by atoms with Crippen molar-refractivity contribution >= 4 is 5.69 Å². The van der Waals surface area contributed by atoms with Crippen molar-refractivity contribution in [2.75, 3.05) is 12.4 Å². The van der Waals surface area contributed by atoms with Crippen LogP contribution in [0.2, 0.25) is 0 Å². The van der Waals surface area contributed by atoms with E-state index in [-0.39, 0.29) is 5.82 Å². The van der Waals surface area contributed by atoms with Crippen molar-refractivity contribution in [2.24, 2.45) is 7.05 Å². The molecule has 2 aromatic rings. The zero-order valence-electron chi connectivity index (χ0n) is 11.5. The van der Waals surface area contributed by atoms with E-state index in [0.717, 1.165) is 0 Å². The Bertz CT molecular complexity index is 660. The van der Waals surface area contributed by atoms with E-state index < -0.39 is 6.04 Å². The summed E-state index contributed by atoms with van der Waals surface area (Å²) < 4.78 is 20.0. The Morgan fingerprint density at radius 1 is 1.50 bits per heavy atom. The van der Waals surface area contributed by atoms with Crippen LogP contribution in [0.3, 0.4) is 0 Å². The third-order valence-corrected chi connectivity index (χ3v) is 2.96. The number of aryl methyl sites for hydroxylation is 2. The van der Waals surface area contributed by atoms with Gasteiger partial charge in [-0.3, -0.25) is 0 Å². The molecule has 1 unspecified atom stereocenters. The standard InChI is InChI=1S/C14H15FN4O/c1-9-13(14(20-3)19(2)18-9)12(8-16)17-11-6-4-5-10(15)7-11/h4-7,12,17H,1-3H3. The van der Waals surface area contributed by atoms with Crippen molar-refractivity contribution in [2.45, 2.75) is 13.0 Å². The van der Waals surface area contributed by atoms with Gasteiger partial charge in [0.2, 0.25) is 5.88 Å². The molecular weight excluding hydrogens is 259 g/mol. The fourth-order valence-electron chi connectivity index (χ4n) is 2.14. The van der Waals surface area contributed by atoms with Gasteiger partial charge in [0.25, 0.3) is 0 Å². The number of aromatic nitrogens is 2. The number of benzene rings is 1. The number of ether oxygens (including phenoxy) is 1. The maximum absolute atomic E-state index is 13.2. The monoisotopic (exact) mass is 274 g/mol. The molecule has 1 aromatic carbocycles. The molecule has 0 spiro atoms. The SMILES string of the molecule is COc1c(C(C#N)Nc2cccc(F)c2)c(C)nn1C. The van der Waals surface area contributed by atoms with Crippen LogP contribution < -0.4 is 10.1 Å². The van der Waals surface area contributed by atoms with Gasteiger partial charge < -0.3 is 10.1 Å². The Morgan fingerprint density at radius 3 is 2.85 bits per heavy atom. The summed E-state index contributed by atoms with van der Waals surface area (Å²) in [5, 5.41) is 16.6. The van der Waals surface area contributed by atoms with Crippen molar-refractivity contribution in [3.63, 3.8) is 0 Å². The molecule has 0 fully saturated rings. The lowest BCUT2D eigenvalue weighted by Crippen LogP contribution is -2.10. The Kier molecular flexibility index (Phi) is 3.89. The zero-order valence-corrected chi connectivity index (χ0v) is 11.5. The van der Waals surface area contributed by atoms with E-state index in [1.165, 1.54) is 19.2 Å². The minimum atomic E-state index is -0.666. The normalized spacial score (nSPS) is 11.8. The Hall–Kier alpha value is -2.55. The highest BCUT2D eigenvalue weighted by molar-refractivity contribution is 5.50. The molecule has 1 aromatic heterocycles. The Morgan fingerprint density at radius 2 is 2.25 bits per heavy atom. The van der Waals surface area contributed by atoms with Gasteiger partial charge in [-0.05, 0) is 25.1 Å². The summed E-state index contributed by atoms with van der Waals surface area (Å²) in [6.45, 7) is 1.80. The molecule has 0 amide bonds. The van der Waals surface area contributed by atoms with E-state index in [4.69, 9.17) is 4.74 Å². The average molecular weight is 274 g/mol. The van der Waals surface area contributed by atoms with Crippen molar-refractivity contribution in [3.05, 3.63) is 41.3 Å². The number of halogens is 1. The van der Waals surface area contributed by atoms with Crippen molar-refractivity contribution in [1.29, 1.82) is 5.26 Å². The molecule has 5 nitrogen and oxygen atoms in total. The van der Waals surface area contributed by atoms with Crippen LogP contribution in [-0.4, -0.2) is 16.9 Å². The number of hydrogen-bond donors (Lipinski definition) is 1. The quantitative estimate of drug-likeness (QED) is 0.930. The molecule has 0 radical (unpaired) electrons. The number of nitrogens with one attached hydrogen (secondary N) is 1. The molecule has 0 aliphatic heterocycles. The van der Waals surface area contributed by atoms with E-state index in [0.29, 0.717) is 22.8 Å². The highest BCUT2D eigenvalue weighted by Crippen LogP contribution is 2.30. The summed E-state index contributed by atoms with van der Waals surface area (Å²) in [5.41, 5.74) is 1.88. The number of anilines is 1. The Balaban J connectivity index is 2.37. The van der Waals surface area contributed by atoms with Gasteiger partial charge in [0, 0.05) is 12.7 Å². The van der Waals surface area contributed by atoms with Gasteiger partial charge in [-0.25, -0.2) is 9.07 Å². The molecule has 2 rings (SSSR count). The van der Waals surface area contributed by atoms with E-state index >= 15 is 0 Å². The molecule has 0 aliphatic rings. The molecule has 6 heteroatoms. The minimum Gasteiger partial charge on any atom is -0.481 e. The molecule has 1 N–H and O–H groups in total. The van der Waals surface area contributed by atoms with Gasteiger partial charge in [-0.1, -0.05) is 6.07 Å². The van der Waals surface area contributed by atoms with E-state index in [1.54, 1.807) is 30.8 Å². The fraction of sp³-hybridized carbons (Fsp3) is 0.286. The number of methoxy groups -OCH3 is 1. The van der Waals surface area contributed by atoms with Crippen LogP contribution in [0.15, 0.2) is 24.3 Å². The number of nitriles is 1. The lowest BCUT2D eigenvalue weighted by molar-refractivity contribution is 0.369. The molecule has 104 valence electrons. The maximum atomic E-state index is 13.2. The lowest BCUT2D eigenvalue weighted by atomic mass is 10.1. The molecule has 0 saturated heterocycles. The van der Waals surface area contributed by atoms with Gasteiger partial charge in [-0.15, -0.1) is 0 Å². The van der Waals surface area contributed by atoms with Crippen LogP contribution in [0, 0.1) is 24.1 Å². The third kappa shape index (κ3) is 2.57. The van der Waals surface area contributed by atoms with Crippen molar-refractivity contribution in [1.82, 2.24) is 9.78 Å². The van der Waals surface area contributed by atoms with Crippen LogP contribution in [0.4, 0.5) is 10.1 Å². The first-order valence-electron chi connectivity index (χ1n) is 6.06. The molecule has 1 heterocycles. The molecule has 0 aliphatic carbocycles. The van der Waals surface area contributed by atoms with Crippen LogP contribution >= 0.6 is 0 Å². The van der Waals surface area contributed by atoms with Gasteiger partial charge in [0.15, 0.2) is 0 Å². The Labute approximate surface area is 116 Å². The van der Waals surface area contributed by atoms with E-state index in [2.05, 4.69) is 16.5 Å². The number of hydrogen-bond acceptors (Lipinski definition) is 4. The predicted octanol–water partition coefficient (Wildman–Crippen LogP) is 2.55.